The number of methoxy groups -OCH3 is 1. The lowest BCUT2D eigenvalue weighted by atomic mass is 9.83. The first-order valence-electron chi connectivity index (χ1n) is 10.1. The van der Waals surface area contributed by atoms with E-state index in [-0.39, 0.29) is 12.7 Å². The van der Waals surface area contributed by atoms with E-state index < -0.39 is 5.92 Å². The molecule has 0 saturated carbocycles. The van der Waals surface area contributed by atoms with Gasteiger partial charge in [0.15, 0.2) is 23.0 Å². The van der Waals surface area contributed by atoms with Crippen molar-refractivity contribution in [3.05, 3.63) is 87.2 Å². The number of nitrogens with two attached hydrogens (primary N) is 1. The molecular weight excluding hydrogens is 488 g/mol. The summed E-state index contributed by atoms with van der Waals surface area (Å²) in [4.78, 5) is 0. The van der Waals surface area contributed by atoms with E-state index in [2.05, 4.69) is 22.0 Å². The third-order valence-electron chi connectivity index (χ3n) is 5.54. The topological polar surface area (TPSA) is 96.0 Å². The lowest BCUT2D eigenvalue weighted by Gasteiger charge is -2.27. The van der Waals surface area contributed by atoms with Gasteiger partial charge in [-0.25, -0.2) is 0 Å². The summed E-state index contributed by atoms with van der Waals surface area (Å²) in [5.74, 6) is 2.45. The van der Waals surface area contributed by atoms with Crippen molar-refractivity contribution in [3.8, 4) is 34.8 Å². The number of allylic oxidation sites excluding steroid dienone is 1. The van der Waals surface area contributed by atoms with Gasteiger partial charge in [0.1, 0.15) is 24.0 Å². The van der Waals surface area contributed by atoms with Crippen molar-refractivity contribution in [1.29, 1.82) is 5.26 Å². The lowest BCUT2D eigenvalue weighted by molar-refractivity contribution is 0.174. The molecule has 5 rings (SSSR count). The normalized spacial score (nSPS) is 16.0. The zero-order valence-corrected chi connectivity index (χ0v) is 19.2. The molecule has 7 nitrogen and oxygen atoms in total. The van der Waals surface area contributed by atoms with Gasteiger partial charge in [-0.3, -0.25) is 0 Å². The molecule has 1 atom stereocenters. The molecule has 0 aliphatic carbocycles. The van der Waals surface area contributed by atoms with Crippen LogP contribution in [0.4, 0.5) is 0 Å². The number of rotatable bonds is 5. The second-order valence-corrected chi connectivity index (χ2v) is 8.41. The summed E-state index contributed by atoms with van der Waals surface area (Å²) in [7, 11) is 1.58. The molecule has 166 valence electrons. The van der Waals surface area contributed by atoms with Gasteiger partial charge in [-0.1, -0.05) is 34.1 Å². The van der Waals surface area contributed by atoms with Crippen LogP contribution in [0.5, 0.6) is 28.7 Å². The zero-order valence-electron chi connectivity index (χ0n) is 17.6. The Morgan fingerprint density at radius 3 is 2.52 bits per heavy atom. The average molecular weight is 507 g/mol. The molecule has 2 N–H and O–H groups in total. The van der Waals surface area contributed by atoms with Gasteiger partial charge in [0.25, 0.3) is 0 Å². The van der Waals surface area contributed by atoms with Crippen molar-refractivity contribution in [1.82, 2.24) is 0 Å². The van der Waals surface area contributed by atoms with Gasteiger partial charge >= 0.3 is 0 Å². The molecule has 0 radical (unpaired) electrons. The number of fused-ring (bicyclic) bond motifs is 2. The molecular formula is C25H19BrN2O5. The maximum absolute atomic E-state index is 9.84. The minimum atomic E-state index is -0.456. The predicted octanol–water partition coefficient (Wildman–Crippen LogP) is 4.98. The Hall–Kier alpha value is -3.83. The van der Waals surface area contributed by atoms with Crippen LogP contribution in [0.1, 0.15) is 22.6 Å². The van der Waals surface area contributed by atoms with Crippen LogP contribution in [0.25, 0.3) is 0 Å². The first-order chi connectivity index (χ1) is 16.1. The van der Waals surface area contributed by atoms with Gasteiger partial charge < -0.3 is 29.4 Å². The zero-order chi connectivity index (χ0) is 22.9. The quantitative estimate of drug-likeness (QED) is 0.520. The second kappa shape index (κ2) is 8.60. The first-order valence-corrected chi connectivity index (χ1v) is 10.9. The van der Waals surface area contributed by atoms with Crippen molar-refractivity contribution in [2.24, 2.45) is 5.73 Å². The summed E-state index contributed by atoms with van der Waals surface area (Å²) in [6, 6.07) is 19.2. The molecule has 2 aliphatic heterocycles. The molecule has 0 unspecified atom stereocenters. The Kier molecular flexibility index (Phi) is 5.48. The molecule has 33 heavy (non-hydrogen) atoms. The van der Waals surface area contributed by atoms with Crippen LogP contribution in [0.2, 0.25) is 0 Å². The molecule has 3 aromatic rings. The Labute approximate surface area is 199 Å². The maximum atomic E-state index is 9.84. The smallest absolute Gasteiger partial charge is 0.231 e. The predicted molar refractivity (Wildman–Crippen MR) is 123 cm³/mol. The molecule has 2 heterocycles. The van der Waals surface area contributed by atoms with Crippen molar-refractivity contribution in [2.75, 3.05) is 13.9 Å². The highest BCUT2D eigenvalue weighted by molar-refractivity contribution is 9.10. The van der Waals surface area contributed by atoms with Crippen molar-refractivity contribution >= 4 is 15.9 Å². The highest BCUT2D eigenvalue weighted by Crippen LogP contribution is 2.48. The highest BCUT2D eigenvalue weighted by atomic mass is 79.9. The molecule has 0 aromatic heterocycles. The average Bonchev–Trinajstić information content (AvgIpc) is 3.29. The maximum Gasteiger partial charge on any atom is 0.231 e. The van der Waals surface area contributed by atoms with Crippen molar-refractivity contribution in [2.45, 2.75) is 12.5 Å². The number of nitrogens with zero attached hydrogens (tertiary/aromatic N) is 1. The van der Waals surface area contributed by atoms with E-state index in [4.69, 9.17) is 29.4 Å². The summed E-state index contributed by atoms with van der Waals surface area (Å²) in [6.07, 6.45) is 0. The van der Waals surface area contributed by atoms with Crippen LogP contribution < -0.4 is 29.4 Å². The van der Waals surface area contributed by atoms with Gasteiger partial charge in [0.05, 0.1) is 13.0 Å². The molecule has 8 heteroatoms. The van der Waals surface area contributed by atoms with Crippen molar-refractivity contribution < 1.29 is 23.7 Å². The third-order valence-corrected chi connectivity index (χ3v) is 6.07. The van der Waals surface area contributed by atoms with Gasteiger partial charge in [-0.15, -0.1) is 0 Å². The third kappa shape index (κ3) is 3.92. The Bertz CT molecular complexity index is 1300. The lowest BCUT2D eigenvalue weighted by Crippen LogP contribution is -2.21. The van der Waals surface area contributed by atoms with Crippen LogP contribution in [0.3, 0.4) is 0 Å². The van der Waals surface area contributed by atoms with Crippen LogP contribution in [0, 0.1) is 11.3 Å². The summed E-state index contributed by atoms with van der Waals surface area (Å²) >= 11 is 3.43. The van der Waals surface area contributed by atoms with Gasteiger partial charge in [0, 0.05) is 16.1 Å². The first kappa shape index (κ1) is 21.0. The van der Waals surface area contributed by atoms with Crippen LogP contribution in [-0.4, -0.2) is 13.9 Å². The van der Waals surface area contributed by atoms with E-state index in [1.54, 1.807) is 13.2 Å². The monoisotopic (exact) mass is 506 g/mol. The van der Waals surface area contributed by atoms with Gasteiger partial charge in [-0.2, -0.15) is 5.26 Å². The number of nitriles is 1. The fourth-order valence-electron chi connectivity index (χ4n) is 3.91. The van der Waals surface area contributed by atoms with Crippen LogP contribution in [-0.2, 0) is 6.61 Å². The fraction of sp³-hybridized carbons (Fsp3) is 0.160. The van der Waals surface area contributed by atoms with Crippen LogP contribution in [0.15, 0.2) is 70.5 Å². The van der Waals surface area contributed by atoms with E-state index in [0.717, 1.165) is 21.2 Å². The molecule has 3 aromatic carbocycles. The van der Waals surface area contributed by atoms with Gasteiger partial charge in [-0.05, 0) is 41.5 Å². The van der Waals surface area contributed by atoms with E-state index >= 15 is 0 Å². The van der Waals surface area contributed by atoms with E-state index in [0.29, 0.717) is 40.9 Å². The minimum Gasteiger partial charge on any atom is -0.493 e. The minimum absolute atomic E-state index is 0.0587. The molecule has 0 fully saturated rings. The van der Waals surface area contributed by atoms with Crippen molar-refractivity contribution in [3.63, 3.8) is 0 Å². The highest BCUT2D eigenvalue weighted by Gasteiger charge is 2.33. The van der Waals surface area contributed by atoms with E-state index in [1.165, 1.54) is 0 Å². The summed E-state index contributed by atoms with van der Waals surface area (Å²) in [5.41, 5.74) is 9.02. The number of ether oxygens (including phenoxy) is 5. The largest absolute Gasteiger partial charge is 0.493 e. The van der Waals surface area contributed by atoms with Crippen LogP contribution >= 0.6 is 15.9 Å². The number of hydrogen-bond donors (Lipinski definition) is 1. The number of halogens is 1. The molecule has 0 saturated heterocycles. The van der Waals surface area contributed by atoms with Gasteiger partial charge in [0.2, 0.25) is 12.7 Å². The summed E-state index contributed by atoms with van der Waals surface area (Å²) < 4.78 is 29.3. The molecule has 2 aliphatic rings. The number of benzene rings is 3. The van der Waals surface area contributed by atoms with E-state index in [1.807, 2.05) is 48.5 Å². The Morgan fingerprint density at radius 2 is 1.79 bits per heavy atom. The number of hydrogen-bond acceptors (Lipinski definition) is 7. The molecule has 0 bridgehead atoms. The second-order valence-electron chi connectivity index (χ2n) is 7.49. The standard InChI is InChI=1S/C25H19BrN2O5/c1-29-21-8-15(4-7-19(21)30-12-14-2-5-16(26)6-3-14)24-17-9-22-23(32-13-31-22)10-20(17)33-25(28)18(24)11-27/h2-10,24H,12-13,28H2,1H3/t24-/m1/s1. The Balaban J connectivity index is 1.50. The SMILES string of the molecule is COc1cc([C@H]2C(C#N)=C(N)Oc3cc4c(cc32)OCO4)ccc1OCc1ccc(Br)cc1. The summed E-state index contributed by atoms with van der Waals surface area (Å²) in [5, 5.41) is 9.84. The van der Waals surface area contributed by atoms with E-state index in [9.17, 15) is 5.26 Å². The molecule has 0 spiro atoms. The fourth-order valence-corrected chi connectivity index (χ4v) is 4.18. The summed E-state index contributed by atoms with van der Waals surface area (Å²) in [6.45, 7) is 0.526. The molecule has 0 amide bonds. The Morgan fingerprint density at radius 1 is 1.03 bits per heavy atom.